The van der Waals surface area contributed by atoms with Crippen molar-refractivity contribution in [3.8, 4) is 0 Å². The standard InChI is InChI=1S/C13H18FN3O2/c1-10(16-6-2-3-7-16)9-15-12-8-11(14)4-5-13(12)17(18)19/h4-5,8,10,15H,2-3,6-7,9H2,1H3. The largest absolute Gasteiger partial charge is 0.378 e. The highest BCUT2D eigenvalue weighted by atomic mass is 19.1. The second-order valence-corrected chi connectivity index (χ2v) is 4.89. The highest BCUT2D eigenvalue weighted by Crippen LogP contribution is 2.25. The Morgan fingerprint density at radius 3 is 2.79 bits per heavy atom. The number of halogens is 1. The molecule has 6 heteroatoms. The smallest absolute Gasteiger partial charge is 0.292 e. The van der Waals surface area contributed by atoms with Gasteiger partial charge in [-0.3, -0.25) is 15.0 Å². The van der Waals surface area contributed by atoms with Crippen LogP contribution in [0.1, 0.15) is 19.8 Å². The minimum Gasteiger partial charge on any atom is -0.378 e. The monoisotopic (exact) mass is 267 g/mol. The lowest BCUT2D eigenvalue weighted by Gasteiger charge is -2.24. The lowest BCUT2D eigenvalue weighted by atomic mass is 10.2. The Kier molecular flexibility index (Phi) is 4.31. The molecule has 1 unspecified atom stereocenters. The summed E-state index contributed by atoms with van der Waals surface area (Å²) in [5.41, 5.74) is 0.158. The van der Waals surface area contributed by atoms with Crippen molar-refractivity contribution in [3.05, 3.63) is 34.1 Å². The van der Waals surface area contributed by atoms with E-state index < -0.39 is 10.7 Å². The first-order chi connectivity index (χ1) is 9.08. The Bertz CT molecular complexity index is 461. The first kappa shape index (κ1) is 13.7. The van der Waals surface area contributed by atoms with E-state index in [1.807, 2.05) is 0 Å². The van der Waals surface area contributed by atoms with Gasteiger partial charge in [0.25, 0.3) is 5.69 Å². The fourth-order valence-corrected chi connectivity index (χ4v) is 2.38. The van der Waals surface area contributed by atoms with Crippen molar-refractivity contribution < 1.29 is 9.31 Å². The lowest BCUT2D eigenvalue weighted by molar-refractivity contribution is -0.384. The molecule has 2 rings (SSSR count). The van der Waals surface area contributed by atoms with Crippen LogP contribution < -0.4 is 5.32 Å². The predicted molar refractivity (Wildman–Crippen MR) is 71.8 cm³/mol. The minimum absolute atomic E-state index is 0.0879. The summed E-state index contributed by atoms with van der Waals surface area (Å²) >= 11 is 0. The summed E-state index contributed by atoms with van der Waals surface area (Å²) in [6.45, 7) is 4.77. The molecule has 1 aromatic rings. The number of rotatable bonds is 5. The molecule has 0 radical (unpaired) electrons. The molecule has 1 aliphatic heterocycles. The Hall–Kier alpha value is -1.69. The van der Waals surface area contributed by atoms with Gasteiger partial charge in [-0.05, 0) is 38.9 Å². The molecule has 0 bridgehead atoms. The predicted octanol–water partition coefficient (Wildman–Crippen LogP) is 2.63. The Morgan fingerprint density at radius 2 is 2.16 bits per heavy atom. The van der Waals surface area contributed by atoms with Gasteiger partial charge in [-0.1, -0.05) is 0 Å². The highest BCUT2D eigenvalue weighted by molar-refractivity contribution is 5.61. The molecule has 1 aliphatic rings. The van der Waals surface area contributed by atoms with E-state index in [1.165, 1.54) is 25.0 Å². The quantitative estimate of drug-likeness (QED) is 0.658. The van der Waals surface area contributed by atoms with Crippen LogP contribution in [-0.4, -0.2) is 35.5 Å². The van der Waals surface area contributed by atoms with E-state index in [-0.39, 0.29) is 17.4 Å². The summed E-state index contributed by atoms with van der Waals surface area (Å²) in [6.07, 6.45) is 2.40. The van der Waals surface area contributed by atoms with Crippen LogP contribution >= 0.6 is 0 Å². The number of nitro benzene ring substituents is 1. The number of hydrogen-bond donors (Lipinski definition) is 1. The first-order valence-corrected chi connectivity index (χ1v) is 6.50. The SMILES string of the molecule is CC(CNc1cc(F)ccc1[N+](=O)[O-])N1CCCC1. The Morgan fingerprint density at radius 1 is 1.47 bits per heavy atom. The molecule has 1 fully saturated rings. The number of anilines is 1. The molecule has 0 saturated carbocycles. The molecule has 1 saturated heterocycles. The topological polar surface area (TPSA) is 58.4 Å². The molecule has 0 aromatic heterocycles. The van der Waals surface area contributed by atoms with Crippen LogP contribution in [0.25, 0.3) is 0 Å². The van der Waals surface area contributed by atoms with Crippen molar-refractivity contribution in [2.24, 2.45) is 0 Å². The van der Waals surface area contributed by atoms with Gasteiger partial charge in [-0.2, -0.15) is 0 Å². The van der Waals surface area contributed by atoms with E-state index in [9.17, 15) is 14.5 Å². The molecule has 1 heterocycles. The van der Waals surface area contributed by atoms with Crippen LogP contribution in [0.5, 0.6) is 0 Å². The summed E-state index contributed by atoms with van der Waals surface area (Å²) in [6, 6.07) is 3.76. The maximum atomic E-state index is 13.2. The van der Waals surface area contributed by atoms with Crippen molar-refractivity contribution >= 4 is 11.4 Å². The summed E-state index contributed by atoms with van der Waals surface area (Å²) in [5, 5.41) is 13.9. The van der Waals surface area contributed by atoms with Crippen molar-refractivity contribution in [1.82, 2.24) is 4.90 Å². The normalized spacial score (nSPS) is 17.4. The second-order valence-electron chi connectivity index (χ2n) is 4.89. The molecule has 1 atom stereocenters. The van der Waals surface area contributed by atoms with E-state index in [1.54, 1.807) is 0 Å². The summed E-state index contributed by atoms with van der Waals surface area (Å²) in [7, 11) is 0. The molecular weight excluding hydrogens is 249 g/mol. The number of hydrogen-bond acceptors (Lipinski definition) is 4. The highest BCUT2D eigenvalue weighted by Gasteiger charge is 2.19. The van der Waals surface area contributed by atoms with Crippen LogP contribution in [0.4, 0.5) is 15.8 Å². The molecule has 1 aromatic carbocycles. The van der Waals surface area contributed by atoms with Gasteiger partial charge in [0.15, 0.2) is 0 Å². The van der Waals surface area contributed by atoms with Crippen LogP contribution in [0.15, 0.2) is 18.2 Å². The average Bonchev–Trinajstić information content (AvgIpc) is 2.89. The number of nitrogens with zero attached hydrogens (tertiary/aromatic N) is 2. The molecule has 1 N–H and O–H groups in total. The third-order valence-electron chi connectivity index (χ3n) is 3.51. The summed E-state index contributed by atoms with van der Waals surface area (Å²) in [5.74, 6) is -0.470. The summed E-state index contributed by atoms with van der Waals surface area (Å²) < 4.78 is 13.2. The summed E-state index contributed by atoms with van der Waals surface area (Å²) in [4.78, 5) is 12.7. The van der Waals surface area contributed by atoms with E-state index >= 15 is 0 Å². The molecule has 5 nitrogen and oxygen atoms in total. The molecule has 0 spiro atoms. The molecule has 0 aliphatic carbocycles. The van der Waals surface area contributed by atoms with Gasteiger partial charge in [-0.25, -0.2) is 4.39 Å². The number of benzene rings is 1. The second kappa shape index (κ2) is 5.97. The van der Waals surface area contributed by atoms with Crippen LogP contribution in [0.2, 0.25) is 0 Å². The van der Waals surface area contributed by atoms with Crippen molar-refractivity contribution in [1.29, 1.82) is 0 Å². The maximum Gasteiger partial charge on any atom is 0.292 e. The fraction of sp³-hybridized carbons (Fsp3) is 0.538. The number of likely N-dealkylation sites (tertiary alicyclic amines) is 1. The van der Waals surface area contributed by atoms with Gasteiger partial charge >= 0.3 is 0 Å². The van der Waals surface area contributed by atoms with Crippen LogP contribution in [0, 0.1) is 15.9 Å². The molecule has 19 heavy (non-hydrogen) atoms. The van der Waals surface area contributed by atoms with E-state index in [0.717, 1.165) is 19.2 Å². The molecular formula is C13H18FN3O2. The lowest BCUT2D eigenvalue weighted by Crippen LogP contribution is -2.35. The Labute approximate surface area is 111 Å². The third kappa shape index (κ3) is 3.41. The van der Waals surface area contributed by atoms with Gasteiger partial charge in [-0.15, -0.1) is 0 Å². The van der Waals surface area contributed by atoms with E-state index in [0.29, 0.717) is 6.54 Å². The van der Waals surface area contributed by atoms with Gasteiger partial charge in [0, 0.05) is 24.7 Å². The van der Waals surface area contributed by atoms with Crippen LogP contribution in [0.3, 0.4) is 0 Å². The van der Waals surface area contributed by atoms with Crippen LogP contribution in [-0.2, 0) is 0 Å². The van der Waals surface area contributed by atoms with E-state index in [2.05, 4.69) is 17.1 Å². The van der Waals surface area contributed by atoms with Crippen molar-refractivity contribution in [3.63, 3.8) is 0 Å². The Balaban J connectivity index is 2.01. The zero-order chi connectivity index (χ0) is 13.8. The fourth-order valence-electron chi connectivity index (χ4n) is 2.38. The zero-order valence-electron chi connectivity index (χ0n) is 10.9. The number of nitro groups is 1. The first-order valence-electron chi connectivity index (χ1n) is 6.50. The van der Waals surface area contributed by atoms with Gasteiger partial charge in [0.05, 0.1) is 4.92 Å². The van der Waals surface area contributed by atoms with Gasteiger partial charge < -0.3 is 5.32 Å². The van der Waals surface area contributed by atoms with Crippen molar-refractivity contribution in [2.75, 3.05) is 25.0 Å². The van der Waals surface area contributed by atoms with Gasteiger partial charge in [0.2, 0.25) is 0 Å². The zero-order valence-corrected chi connectivity index (χ0v) is 10.9. The average molecular weight is 267 g/mol. The minimum atomic E-state index is -0.498. The third-order valence-corrected chi connectivity index (χ3v) is 3.51. The van der Waals surface area contributed by atoms with Gasteiger partial charge in [0.1, 0.15) is 11.5 Å². The number of nitrogens with one attached hydrogen (secondary N) is 1. The van der Waals surface area contributed by atoms with E-state index in [4.69, 9.17) is 0 Å². The van der Waals surface area contributed by atoms with Crippen molar-refractivity contribution in [2.45, 2.75) is 25.8 Å². The maximum absolute atomic E-state index is 13.2. The molecule has 104 valence electrons. The molecule has 0 amide bonds.